The summed E-state index contributed by atoms with van der Waals surface area (Å²) in [6.07, 6.45) is 21.2. The first-order chi connectivity index (χ1) is 25.2. The lowest BCUT2D eigenvalue weighted by molar-refractivity contribution is 0.428. The summed E-state index contributed by atoms with van der Waals surface area (Å²) in [6, 6.07) is 41.9. The van der Waals surface area contributed by atoms with E-state index in [0.717, 1.165) is 17.0 Å². The minimum absolute atomic E-state index is 0.0825. The van der Waals surface area contributed by atoms with Gasteiger partial charge in [0, 0.05) is 45.2 Å². The molecule has 250 valence electrons. The Labute approximate surface area is 299 Å². The normalized spacial score (nSPS) is 28.8. The highest BCUT2D eigenvalue weighted by molar-refractivity contribution is 5.99. The summed E-state index contributed by atoms with van der Waals surface area (Å²) in [5.74, 6) is 2.00. The molecular formula is C46H41N5. The minimum atomic E-state index is -0.152. The zero-order valence-corrected chi connectivity index (χ0v) is 28.6. The molecule has 1 aromatic heterocycles. The van der Waals surface area contributed by atoms with Gasteiger partial charge in [-0.3, -0.25) is 5.32 Å². The Hall–Kier alpha value is -5.65. The van der Waals surface area contributed by atoms with Crippen molar-refractivity contribution in [2.24, 2.45) is 22.7 Å². The van der Waals surface area contributed by atoms with Crippen LogP contribution in [0.15, 0.2) is 174 Å². The van der Waals surface area contributed by atoms with Crippen molar-refractivity contribution in [1.29, 1.82) is 0 Å². The number of hydrogen-bond acceptors (Lipinski definition) is 4. The van der Waals surface area contributed by atoms with Crippen LogP contribution in [0.4, 0.5) is 5.69 Å². The van der Waals surface area contributed by atoms with Crippen LogP contribution in [0.5, 0.6) is 0 Å². The van der Waals surface area contributed by atoms with Gasteiger partial charge in [0.25, 0.3) is 0 Å². The molecule has 3 aliphatic carbocycles. The molecular weight excluding hydrogens is 623 g/mol. The molecule has 5 aliphatic rings. The second-order valence-electron chi connectivity index (χ2n) is 14.4. The van der Waals surface area contributed by atoms with Gasteiger partial charge in [0.2, 0.25) is 0 Å². The quantitative estimate of drug-likeness (QED) is 0.197. The van der Waals surface area contributed by atoms with E-state index >= 15 is 0 Å². The Kier molecular flexibility index (Phi) is 7.28. The first-order valence-corrected chi connectivity index (χ1v) is 18.3. The fraction of sp³-hybridized carbons (Fsp3) is 0.196. The number of hydrogen-bond donors (Lipinski definition) is 2. The highest BCUT2D eigenvalue weighted by atomic mass is 15.3. The highest BCUT2D eigenvalue weighted by Gasteiger charge is 2.50. The summed E-state index contributed by atoms with van der Waals surface area (Å²) >= 11 is 0. The van der Waals surface area contributed by atoms with Crippen molar-refractivity contribution < 1.29 is 0 Å². The molecule has 5 nitrogen and oxygen atoms in total. The third kappa shape index (κ3) is 4.98. The third-order valence-electron chi connectivity index (χ3n) is 11.5. The molecule has 0 saturated carbocycles. The monoisotopic (exact) mass is 663 g/mol. The lowest BCUT2D eigenvalue weighted by atomic mass is 9.79. The molecule has 3 heterocycles. The largest absolute Gasteiger partial charge is 0.357 e. The molecule has 2 N–H and O–H groups in total. The molecule has 8 atom stereocenters. The number of nitrogens with zero attached hydrogens (tertiary/aromatic N) is 3. The van der Waals surface area contributed by atoms with Gasteiger partial charge in [-0.25, -0.2) is 4.99 Å². The van der Waals surface area contributed by atoms with Crippen LogP contribution in [0.25, 0.3) is 17.0 Å². The summed E-state index contributed by atoms with van der Waals surface area (Å²) in [7, 11) is 0. The van der Waals surface area contributed by atoms with Crippen molar-refractivity contribution >= 4 is 28.5 Å². The number of rotatable bonds is 5. The van der Waals surface area contributed by atoms with E-state index in [1.165, 1.54) is 33.4 Å². The van der Waals surface area contributed by atoms with Gasteiger partial charge >= 0.3 is 0 Å². The maximum Gasteiger partial charge on any atom is 0.131 e. The molecule has 51 heavy (non-hydrogen) atoms. The molecule has 10 rings (SSSR count). The van der Waals surface area contributed by atoms with Crippen LogP contribution in [-0.2, 0) is 0 Å². The van der Waals surface area contributed by atoms with Crippen molar-refractivity contribution in [3.8, 4) is 0 Å². The Balaban J connectivity index is 1.03. The second kappa shape index (κ2) is 12.3. The topological polar surface area (TPSA) is 44.6 Å². The van der Waals surface area contributed by atoms with Crippen LogP contribution in [0.2, 0.25) is 0 Å². The number of allylic oxidation sites excluding steroid dienone is 4. The van der Waals surface area contributed by atoms with E-state index in [1.807, 2.05) is 0 Å². The zero-order valence-electron chi connectivity index (χ0n) is 28.6. The average molecular weight is 664 g/mol. The summed E-state index contributed by atoms with van der Waals surface area (Å²) in [5.41, 5.74) is 8.86. The molecule has 1 saturated heterocycles. The number of nitrogens with one attached hydrogen (secondary N) is 2. The number of aromatic nitrogens is 1. The summed E-state index contributed by atoms with van der Waals surface area (Å²) in [4.78, 5) is 7.82. The molecule has 0 amide bonds. The zero-order chi connectivity index (χ0) is 33.9. The van der Waals surface area contributed by atoms with Gasteiger partial charge in [-0.05, 0) is 41.3 Å². The molecule has 2 aliphatic heterocycles. The minimum Gasteiger partial charge on any atom is -0.357 e. The Morgan fingerprint density at radius 3 is 2.20 bits per heavy atom. The third-order valence-corrected chi connectivity index (χ3v) is 11.5. The smallest absolute Gasteiger partial charge is 0.131 e. The Morgan fingerprint density at radius 1 is 0.667 bits per heavy atom. The lowest BCUT2D eigenvalue weighted by Gasteiger charge is -2.36. The average Bonchev–Trinajstić information content (AvgIpc) is 3.72. The van der Waals surface area contributed by atoms with E-state index in [2.05, 4.69) is 197 Å². The summed E-state index contributed by atoms with van der Waals surface area (Å²) in [5, 5.41) is 8.91. The molecule has 0 bridgehead atoms. The van der Waals surface area contributed by atoms with Crippen molar-refractivity contribution in [1.82, 2.24) is 15.2 Å². The maximum absolute atomic E-state index is 5.12. The molecule has 1 fully saturated rings. The summed E-state index contributed by atoms with van der Waals surface area (Å²) < 4.78 is 2.62. The predicted octanol–water partition coefficient (Wildman–Crippen LogP) is 9.29. The van der Waals surface area contributed by atoms with Gasteiger partial charge in [0.15, 0.2) is 0 Å². The number of anilines is 1. The van der Waals surface area contributed by atoms with Gasteiger partial charge < -0.3 is 14.8 Å². The van der Waals surface area contributed by atoms with E-state index in [-0.39, 0.29) is 30.3 Å². The summed E-state index contributed by atoms with van der Waals surface area (Å²) in [6.45, 7) is 2.37. The van der Waals surface area contributed by atoms with Gasteiger partial charge in [0.05, 0.1) is 18.1 Å². The number of para-hydroxylation sites is 2. The van der Waals surface area contributed by atoms with Crippen LogP contribution in [0.1, 0.15) is 47.6 Å². The van der Waals surface area contributed by atoms with E-state index in [1.54, 1.807) is 0 Å². The van der Waals surface area contributed by atoms with Crippen molar-refractivity contribution in [2.75, 3.05) is 4.90 Å². The van der Waals surface area contributed by atoms with Crippen LogP contribution >= 0.6 is 0 Å². The Morgan fingerprint density at radius 2 is 1.39 bits per heavy atom. The van der Waals surface area contributed by atoms with Crippen molar-refractivity contribution in [2.45, 2.75) is 37.4 Å². The molecule has 0 spiro atoms. The SMILES string of the molecule is CC1C=C(C2NC(c3ccccc3)=NC(c3ccccc3)N2)C=CC1n1c2c(c3ccccc31)C1C(C=C2)C2C=CC=CC2N1c1ccccc1. The number of aliphatic imine (C=N–C) groups is 1. The second-order valence-corrected chi connectivity index (χ2v) is 14.4. The number of amidine groups is 1. The predicted molar refractivity (Wildman–Crippen MR) is 209 cm³/mol. The van der Waals surface area contributed by atoms with Crippen LogP contribution in [0.3, 0.4) is 0 Å². The lowest BCUT2D eigenvalue weighted by Crippen LogP contribution is -2.52. The van der Waals surface area contributed by atoms with Gasteiger partial charge in [0.1, 0.15) is 18.2 Å². The van der Waals surface area contributed by atoms with Crippen molar-refractivity contribution in [3.63, 3.8) is 0 Å². The fourth-order valence-corrected chi connectivity index (χ4v) is 9.28. The molecule has 0 radical (unpaired) electrons. The standard InChI is InChI=1S/C46H41N5/c1-30-29-33(46-48-44(31-15-5-2-6-16-31)47-45(49-46)32-17-7-3-8-18-32)25-27-38(30)51-40-24-14-12-22-37(40)42-41(51)28-26-36-35-21-11-13-23-39(35)50(43(36)42)34-19-9-4-10-20-34/h2-30,35-36,38-39,43-44,46,48H,1H3,(H,47,49). The maximum atomic E-state index is 5.12. The number of fused-ring (bicyclic) bond motifs is 7. The molecule has 5 heteroatoms. The first-order valence-electron chi connectivity index (χ1n) is 18.3. The van der Waals surface area contributed by atoms with E-state index in [0.29, 0.717) is 17.9 Å². The van der Waals surface area contributed by atoms with Crippen molar-refractivity contribution in [3.05, 3.63) is 192 Å². The van der Waals surface area contributed by atoms with Gasteiger partial charge in [-0.2, -0.15) is 0 Å². The first kappa shape index (κ1) is 30.2. The molecule has 4 aromatic carbocycles. The van der Waals surface area contributed by atoms with Gasteiger partial charge in [-0.1, -0.05) is 153 Å². The van der Waals surface area contributed by atoms with E-state index in [9.17, 15) is 0 Å². The highest BCUT2D eigenvalue weighted by Crippen LogP contribution is 2.55. The fourth-order valence-electron chi connectivity index (χ4n) is 9.28. The van der Waals surface area contributed by atoms with Crippen LogP contribution in [-0.4, -0.2) is 22.6 Å². The number of benzene rings is 4. The van der Waals surface area contributed by atoms with E-state index < -0.39 is 0 Å². The van der Waals surface area contributed by atoms with Gasteiger partial charge in [-0.15, -0.1) is 0 Å². The Bertz CT molecular complexity index is 2280. The molecule has 5 aromatic rings. The van der Waals surface area contributed by atoms with E-state index in [4.69, 9.17) is 4.99 Å². The van der Waals surface area contributed by atoms with Crippen LogP contribution in [0, 0.1) is 17.8 Å². The molecule has 8 unspecified atom stereocenters. The van der Waals surface area contributed by atoms with Crippen LogP contribution < -0.4 is 15.5 Å².